The van der Waals surface area contributed by atoms with Crippen LogP contribution < -0.4 is 10.6 Å². The normalized spacial score (nSPS) is 10.5. The molecule has 2 aromatic heterocycles. The second kappa shape index (κ2) is 5.88. The number of hydrogen-bond acceptors (Lipinski definition) is 5. The summed E-state index contributed by atoms with van der Waals surface area (Å²) in [6.45, 7) is 2.74. The van der Waals surface area contributed by atoms with Crippen molar-refractivity contribution in [3.8, 4) is 0 Å². The first kappa shape index (κ1) is 13.5. The molecule has 6 heteroatoms. The van der Waals surface area contributed by atoms with Crippen molar-refractivity contribution in [2.45, 2.75) is 6.92 Å². The van der Waals surface area contributed by atoms with Gasteiger partial charge >= 0.3 is 0 Å². The Balaban J connectivity index is 1.80. The molecule has 2 heterocycles. The Morgan fingerprint density at radius 3 is 2.95 bits per heavy atom. The van der Waals surface area contributed by atoms with Crippen LogP contribution in [0.4, 0.5) is 10.9 Å². The number of carbonyl (C=O) groups excluding carboxylic acids is 1. The number of anilines is 2. The molecule has 106 valence electrons. The Bertz CT molecular complexity index is 751. The van der Waals surface area contributed by atoms with E-state index in [2.05, 4.69) is 20.6 Å². The molecule has 0 aliphatic heterocycles. The van der Waals surface area contributed by atoms with E-state index in [-0.39, 0.29) is 5.91 Å². The topological polar surface area (TPSA) is 66.9 Å². The Hall–Kier alpha value is -2.47. The quantitative estimate of drug-likeness (QED) is 0.775. The summed E-state index contributed by atoms with van der Waals surface area (Å²) in [5, 5.41) is 6.51. The molecule has 0 saturated carbocycles. The number of benzene rings is 1. The number of para-hydroxylation sites is 1. The fourth-order valence-electron chi connectivity index (χ4n) is 1.94. The number of carbonyl (C=O) groups is 1. The minimum Gasteiger partial charge on any atom is -0.370 e. The van der Waals surface area contributed by atoms with Gasteiger partial charge in [0.05, 0.1) is 10.2 Å². The molecular formula is C15H14N4OS. The zero-order valence-electron chi connectivity index (χ0n) is 11.5. The van der Waals surface area contributed by atoms with Gasteiger partial charge in [-0.15, -0.1) is 0 Å². The molecule has 0 radical (unpaired) electrons. The first-order valence-electron chi connectivity index (χ1n) is 6.63. The first-order chi connectivity index (χ1) is 10.3. The third-order valence-corrected chi connectivity index (χ3v) is 3.85. The summed E-state index contributed by atoms with van der Waals surface area (Å²) in [5.41, 5.74) is 1.45. The summed E-state index contributed by atoms with van der Waals surface area (Å²) in [7, 11) is 0. The first-order valence-corrected chi connectivity index (χ1v) is 7.45. The Morgan fingerprint density at radius 1 is 1.29 bits per heavy atom. The zero-order chi connectivity index (χ0) is 14.7. The maximum atomic E-state index is 12.2. The van der Waals surface area contributed by atoms with Crippen molar-refractivity contribution in [2.24, 2.45) is 0 Å². The number of hydrogen-bond donors (Lipinski definition) is 2. The van der Waals surface area contributed by atoms with Gasteiger partial charge in [-0.25, -0.2) is 9.97 Å². The van der Waals surface area contributed by atoms with E-state index in [9.17, 15) is 4.79 Å². The van der Waals surface area contributed by atoms with E-state index in [0.717, 1.165) is 16.8 Å². The van der Waals surface area contributed by atoms with Crippen molar-refractivity contribution >= 4 is 38.4 Å². The monoisotopic (exact) mass is 298 g/mol. The van der Waals surface area contributed by atoms with E-state index in [1.54, 1.807) is 18.3 Å². The minimum atomic E-state index is -0.185. The predicted octanol–water partition coefficient (Wildman–Crippen LogP) is 3.38. The molecule has 0 unspecified atom stereocenters. The highest BCUT2D eigenvalue weighted by Crippen LogP contribution is 2.25. The molecule has 0 atom stereocenters. The molecule has 0 spiro atoms. The van der Waals surface area contributed by atoms with Crippen molar-refractivity contribution in [1.82, 2.24) is 9.97 Å². The molecule has 3 aromatic rings. The number of thiazole rings is 1. The maximum absolute atomic E-state index is 12.2. The summed E-state index contributed by atoms with van der Waals surface area (Å²) in [5.74, 6) is 0.505. The summed E-state index contributed by atoms with van der Waals surface area (Å²) >= 11 is 1.46. The molecule has 0 fully saturated rings. The average molecular weight is 298 g/mol. The number of amides is 1. The van der Waals surface area contributed by atoms with E-state index in [1.165, 1.54) is 11.3 Å². The van der Waals surface area contributed by atoms with Crippen LogP contribution in [0.25, 0.3) is 10.2 Å². The molecule has 0 aliphatic rings. The second-order valence-electron chi connectivity index (χ2n) is 4.40. The highest BCUT2D eigenvalue weighted by molar-refractivity contribution is 7.22. The van der Waals surface area contributed by atoms with Crippen LogP contribution in [0.2, 0.25) is 0 Å². The third-order valence-electron chi connectivity index (χ3n) is 2.89. The Kier molecular flexibility index (Phi) is 3.79. The lowest BCUT2D eigenvalue weighted by atomic mass is 10.2. The van der Waals surface area contributed by atoms with Crippen LogP contribution >= 0.6 is 11.3 Å². The van der Waals surface area contributed by atoms with Gasteiger partial charge in [-0.2, -0.15) is 0 Å². The number of aromatic nitrogens is 2. The van der Waals surface area contributed by atoms with Crippen molar-refractivity contribution in [3.63, 3.8) is 0 Å². The lowest BCUT2D eigenvalue weighted by Gasteiger charge is -2.05. The fourth-order valence-corrected chi connectivity index (χ4v) is 2.81. The van der Waals surface area contributed by atoms with Gasteiger partial charge in [0.1, 0.15) is 5.82 Å². The highest BCUT2D eigenvalue weighted by atomic mass is 32.1. The van der Waals surface area contributed by atoms with Gasteiger partial charge in [-0.05, 0) is 31.2 Å². The molecule has 1 amide bonds. The van der Waals surface area contributed by atoms with E-state index in [0.29, 0.717) is 16.5 Å². The number of rotatable bonds is 4. The van der Waals surface area contributed by atoms with Gasteiger partial charge in [0.25, 0.3) is 5.91 Å². The van der Waals surface area contributed by atoms with Gasteiger partial charge in [0.15, 0.2) is 5.13 Å². The summed E-state index contributed by atoms with van der Waals surface area (Å²) in [4.78, 5) is 20.8. The SMILES string of the molecule is CCNc1cc(C(=O)Nc2nc3ccccc3s2)ccn1. The van der Waals surface area contributed by atoms with Crippen LogP contribution in [-0.4, -0.2) is 22.4 Å². The van der Waals surface area contributed by atoms with Crippen molar-refractivity contribution in [2.75, 3.05) is 17.2 Å². The fraction of sp³-hybridized carbons (Fsp3) is 0.133. The van der Waals surface area contributed by atoms with E-state index < -0.39 is 0 Å². The molecule has 3 rings (SSSR count). The van der Waals surface area contributed by atoms with Crippen molar-refractivity contribution in [3.05, 3.63) is 48.2 Å². The Morgan fingerprint density at radius 2 is 2.14 bits per heavy atom. The molecule has 1 aromatic carbocycles. The molecule has 2 N–H and O–H groups in total. The smallest absolute Gasteiger partial charge is 0.257 e. The summed E-state index contributed by atoms with van der Waals surface area (Å²) in [6.07, 6.45) is 1.62. The van der Waals surface area contributed by atoms with Gasteiger partial charge in [-0.3, -0.25) is 10.1 Å². The molecule has 0 saturated heterocycles. The number of nitrogens with zero attached hydrogens (tertiary/aromatic N) is 2. The van der Waals surface area contributed by atoms with E-state index >= 15 is 0 Å². The largest absolute Gasteiger partial charge is 0.370 e. The summed E-state index contributed by atoms with van der Waals surface area (Å²) < 4.78 is 1.05. The summed E-state index contributed by atoms with van der Waals surface area (Å²) in [6, 6.07) is 11.2. The minimum absolute atomic E-state index is 0.185. The van der Waals surface area contributed by atoms with Crippen LogP contribution in [0.15, 0.2) is 42.6 Å². The highest BCUT2D eigenvalue weighted by Gasteiger charge is 2.10. The van der Waals surface area contributed by atoms with Gasteiger partial charge in [-0.1, -0.05) is 23.5 Å². The molecule has 21 heavy (non-hydrogen) atoms. The van der Waals surface area contributed by atoms with Crippen LogP contribution in [0.5, 0.6) is 0 Å². The number of fused-ring (bicyclic) bond motifs is 1. The molecule has 0 bridgehead atoms. The van der Waals surface area contributed by atoms with Crippen molar-refractivity contribution < 1.29 is 4.79 Å². The average Bonchev–Trinajstić information content (AvgIpc) is 2.90. The van der Waals surface area contributed by atoms with Crippen LogP contribution in [-0.2, 0) is 0 Å². The lowest BCUT2D eigenvalue weighted by molar-refractivity contribution is 0.102. The third kappa shape index (κ3) is 3.00. The number of pyridine rings is 1. The number of nitrogens with one attached hydrogen (secondary N) is 2. The van der Waals surface area contributed by atoms with Crippen LogP contribution in [0, 0.1) is 0 Å². The van der Waals surface area contributed by atoms with E-state index in [4.69, 9.17) is 0 Å². The predicted molar refractivity (Wildman–Crippen MR) is 86.0 cm³/mol. The molecule has 5 nitrogen and oxygen atoms in total. The standard InChI is InChI=1S/C15H14N4OS/c1-2-16-13-9-10(7-8-17-13)14(20)19-15-18-11-5-3-4-6-12(11)21-15/h3-9H,2H2,1H3,(H,16,17)(H,18,19,20). The van der Waals surface area contributed by atoms with Crippen molar-refractivity contribution in [1.29, 1.82) is 0 Å². The molecule has 0 aliphatic carbocycles. The van der Waals surface area contributed by atoms with Gasteiger partial charge in [0, 0.05) is 18.3 Å². The van der Waals surface area contributed by atoms with E-state index in [1.807, 2.05) is 31.2 Å². The van der Waals surface area contributed by atoms with Gasteiger partial charge in [0.2, 0.25) is 0 Å². The molecular weight excluding hydrogens is 284 g/mol. The van der Waals surface area contributed by atoms with Crippen LogP contribution in [0.3, 0.4) is 0 Å². The lowest BCUT2D eigenvalue weighted by Crippen LogP contribution is -2.12. The maximum Gasteiger partial charge on any atom is 0.257 e. The second-order valence-corrected chi connectivity index (χ2v) is 5.43. The Labute approximate surface area is 126 Å². The zero-order valence-corrected chi connectivity index (χ0v) is 12.3. The van der Waals surface area contributed by atoms with Crippen LogP contribution in [0.1, 0.15) is 17.3 Å². The van der Waals surface area contributed by atoms with Gasteiger partial charge < -0.3 is 5.32 Å².